The predicted molar refractivity (Wildman–Crippen MR) is 118 cm³/mol. The first-order chi connectivity index (χ1) is 15.1. The number of halogens is 4. The summed E-state index contributed by atoms with van der Waals surface area (Å²) < 4.78 is 43.4. The Morgan fingerprint density at radius 2 is 1.78 bits per heavy atom. The number of carboxylic acids is 1. The number of hydrogen-bond acceptors (Lipinski definition) is 3. The van der Waals surface area contributed by atoms with E-state index in [4.69, 9.17) is 5.11 Å². The van der Waals surface area contributed by atoms with Crippen molar-refractivity contribution in [3.05, 3.63) is 97.9 Å². The Morgan fingerprint density at radius 3 is 2.44 bits per heavy atom. The molecule has 0 radical (unpaired) electrons. The van der Waals surface area contributed by atoms with Gasteiger partial charge in [-0.05, 0) is 69.9 Å². The lowest BCUT2D eigenvalue weighted by Crippen LogP contribution is -2.22. The van der Waals surface area contributed by atoms with Crippen LogP contribution in [0.5, 0.6) is 5.75 Å². The van der Waals surface area contributed by atoms with Gasteiger partial charge < -0.3 is 14.4 Å². The number of benzene rings is 2. The van der Waals surface area contributed by atoms with Crippen molar-refractivity contribution >= 4 is 34.1 Å². The fourth-order valence-electron chi connectivity index (χ4n) is 3.01. The molecule has 0 aliphatic heterocycles. The standard InChI is InChI=1S/C23H17BrF3NO4/c24-19-9-11-21(29)28(13-12-15-4-7-17(8-5-15)22(30)31)20(19)10-6-16-2-1-3-18(14-16)32-23(25,26)27/h1-11,14H,12-13H2,(H,30,31)/b10-6+. The molecule has 0 fully saturated rings. The number of pyridine rings is 1. The smallest absolute Gasteiger partial charge is 0.478 e. The third-order valence-corrected chi connectivity index (χ3v) is 5.19. The molecular weight excluding hydrogens is 491 g/mol. The van der Waals surface area contributed by atoms with E-state index in [9.17, 15) is 22.8 Å². The van der Waals surface area contributed by atoms with Gasteiger partial charge in [0, 0.05) is 17.1 Å². The molecule has 1 heterocycles. The quantitative estimate of drug-likeness (QED) is 0.450. The van der Waals surface area contributed by atoms with Gasteiger partial charge >= 0.3 is 12.3 Å². The second kappa shape index (κ2) is 9.86. The molecule has 0 amide bonds. The minimum Gasteiger partial charge on any atom is -0.478 e. The van der Waals surface area contributed by atoms with Gasteiger partial charge in [0.05, 0.1) is 11.3 Å². The number of rotatable bonds is 7. The molecule has 3 rings (SSSR count). The third kappa shape index (κ3) is 6.34. The van der Waals surface area contributed by atoms with Crippen LogP contribution in [0.2, 0.25) is 0 Å². The van der Waals surface area contributed by atoms with Crippen molar-refractivity contribution in [3.63, 3.8) is 0 Å². The number of aromatic carboxylic acids is 1. The topological polar surface area (TPSA) is 68.5 Å². The molecule has 5 nitrogen and oxygen atoms in total. The largest absolute Gasteiger partial charge is 0.573 e. The molecule has 0 atom stereocenters. The molecule has 0 aliphatic carbocycles. The summed E-state index contributed by atoms with van der Waals surface area (Å²) in [6.07, 6.45) is -1.09. The van der Waals surface area contributed by atoms with Gasteiger partial charge in [-0.2, -0.15) is 0 Å². The van der Waals surface area contributed by atoms with Crippen LogP contribution in [0.1, 0.15) is 27.2 Å². The summed E-state index contributed by atoms with van der Waals surface area (Å²) in [4.78, 5) is 23.4. The first-order valence-corrected chi connectivity index (χ1v) is 10.2. The van der Waals surface area contributed by atoms with Crippen molar-refractivity contribution in [1.29, 1.82) is 0 Å². The summed E-state index contributed by atoms with van der Waals surface area (Å²) in [6, 6.07) is 14.9. The molecule has 1 aromatic heterocycles. The monoisotopic (exact) mass is 507 g/mol. The van der Waals surface area contributed by atoms with Gasteiger partial charge in [-0.1, -0.05) is 30.3 Å². The highest BCUT2D eigenvalue weighted by atomic mass is 79.9. The highest BCUT2D eigenvalue weighted by Gasteiger charge is 2.31. The number of aromatic nitrogens is 1. The van der Waals surface area contributed by atoms with Crippen LogP contribution in [0.15, 0.2) is 69.9 Å². The summed E-state index contributed by atoms with van der Waals surface area (Å²) in [5.74, 6) is -1.36. The van der Waals surface area contributed by atoms with Crippen LogP contribution in [-0.4, -0.2) is 22.0 Å². The second-order valence-electron chi connectivity index (χ2n) is 6.76. The van der Waals surface area contributed by atoms with E-state index in [0.717, 1.165) is 5.56 Å². The summed E-state index contributed by atoms with van der Waals surface area (Å²) in [5.41, 5.74) is 1.79. The lowest BCUT2D eigenvalue weighted by molar-refractivity contribution is -0.274. The van der Waals surface area contributed by atoms with Crippen LogP contribution in [0.25, 0.3) is 12.2 Å². The lowest BCUT2D eigenvalue weighted by Gasteiger charge is -2.12. The minimum absolute atomic E-state index is 0.175. The van der Waals surface area contributed by atoms with Gasteiger partial charge in [0.15, 0.2) is 0 Å². The van der Waals surface area contributed by atoms with E-state index in [1.165, 1.54) is 41.0 Å². The van der Waals surface area contributed by atoms with Crippen molar-refractivity contribution in [2.75, 3.05) is 0 Å². The Labute approximate surface area is 189 Å². The Kier molecular flexibility index (Phi) is 7.19. The molecule has 166 valence electrons. The van der Waals surface area contributed by atoms with E-state index in [0.29, 0.717) is 28.7 Å². The number of carboxylic acid groups (broad SMARTS) is 1. The van der Waals surface area contributed by atoms with Crippen LogP contribution >= 0.6 is 15.9 Å². The second-order valence-corrected chi connectivity index (χ2v) is 7.62. The molecule has 1 N–H and O–H groups in total. The van der Waals surface area contributed by atoms with Gasteiger partial charge in [0.25, 0.3) is 5.56 Å². The van der Waals surface area contributed by atoms with Crippen molar-refractivity contribution in [3.8, 4) is 5.75 Å². The van der Waals surface area contributed by atoms with E-state index < -0.39 is 12.3 Å². The summed E-state index contributed by atoms with van der Waals surface area (Å²) in [5, 5.41) is 8.99. The van der Waals surface area contributed by atoms with Crippen LogP contribution < -0.4 is 10.3 Å². The van der Waals surface area contributed by atoms with Gasteiger partial charge in [-0.15, -0.1) is 13.2 Å². The Bertz CT molecular complexity index is 1200. The van der Waals surface area contributed by atoms with Crippen LogP contribution in [-0.2, 0) is 13.0 Å². The number of ether oxygens (including phenoxy) is 1. The Hall–Kier alpha value is -3.33. The number of alkyl halides is 3. The summed E-state index contributed by atoms with van der Waals surface area (Å²) >= 11 is 3.41. The van der Waals surface area contributed by atoms with E-state index in [1.54, 1.807) is 36.4 Å². The van der Waals surface area contributed by atoms with Gasteiger partial charge in [0.1, 0.15) is 5.75 Å². The first-order valence-electron chi connectivity index (χ1n) is 9.38. The maximum atomic E-state index is 12.5. The van der Waals surface area contributed by atoms with Crippen molar-refractivity contribution in [2.24, 2.45) is 0 Å². The zero-order valence-electron chi connectivity index (χ0n) is 16.5. The fourth-order valence-corrected chi connectivity index (χ4v) is 3.49. The first kappa shape index (κ1) is 23.3. The molecule has 0 aliphatic rings. The van der Waals surface area contributed by atoms with E-state index in [1.807, 2.05) is 0 Å². The summed E-state index contributed by atoms with van der Waals surface area (Å²) in [7, 11) is 0. The van der Waals surface area contributed by atoms with Gasteiger partial charge in [-0.3, -0.25) is 4.79 Å². The number of nitrogens with zero attached hydrogens (tertiary/aromatic N) is 1. The Balaban J connectivity index is 1.83. The normalized spacial score (nSPS) is 11.6. The van der Waals surface area contributed by atoms with Gasteiger partial charge in [-0.25, -0.2) is 4.79 Å². The number of carbonyl (C=O) groups is 1. The maximum Gasteiger partial charge on any atom is 0.573 e. The van der Waals surface area contributed by atoms with Crippen molar-refractivity contribution in [1.82, 2.24) is 4.57 Å². The third-order valence-electron chi connectivity index (χ3n) is 4.52. The average molecular weight is 508 g/mol. The highest BCUT2D eigenvalue weighted by Crippen LogP contribution is 2.25. The minimum atomic E-state index is -4.78. The molecule has 9 heteroatoms. The fraction of sp³-hybridized carbons (Fsp3) is 0.130. The van der Waals surface area contributed by atoms with Crippen LogP contribution in [0.3, 0.4) is 0 Å². The SMILES string of the molecule is O=C(O)c1ccc(CCn2c(/C=C/c3cccc(OC(F)(F)F)c3)c(Br)ccc2=O)cc1. The van der Waals surface area contributed by atoms with E-state index in [2.05, 4.69) is 20.7 Å². The molecule has 0 bridgehead atoms. The zero-order valence-corrected chi connectivity index (χ0v) is 18.1. The van der Waals surface area contributed by atoms with Crippen LogP contribution in [0.4, 0.5) is 13.2 Å². The molecule has 3 aromatic rings. The van der Waals surface area contributed by atoms with Gasteiger partial charge in [0.2, 0.25) is 0 Å². The van der Waals surface area contributed by atoms with E-state index >= 15 is 0 Å². The average Bonchev–Trinajstić information content (AvgIpc) is 2.73. The maximum absolute atomic E-state index is 12.5. The zero-order chi connectivity index (χ0) is 23.3. The molecule has 32 heavy (non-hydrogen) atoms. The van der Waals surface area contributed by atoms with Crippen molar-refractivity contribution < 1.29 is 27.8 Å². The molecule has 0 unspecified atom stereocenters. The molecular formula is C23H17BrF3NO4. The van der Waals surface area contributed by atoms with Crippen molar-refractivity contribution in [2.45, 2.75) is 19.3 Å². The van der Waals surface area contributed by atoms with Crippen LogP contribution in [0, 0.1) is 0 Å². The number of hydrogen-bond donors (Lipinski definition) is 1. The highest BCUT2D eigenvalue weighted by molar-refractivity contribution is 9.10. The Morgan fingerprint density at radius 1 is 1.06 bits per heavy atom. The molecule has 0 spiro atoms. The molecule has 2 aromatic carbocycles. The van der Waals surface area contributed by atoms with E-state index in [-0.39, 0.29) is 16.9 Å². The number of aryl methyl sites for hydroxylation is 1. The lowest BCUT2D eigenvalue weighted by atomic mass is 10.1. The predicted octanol–water partition coefficient (Wildman–Crippen LogP) is 5.62. The molecule has 0 saturated carbocycles. The summed E-state index contributed by atoms with van der Waals surface area (Å²) in [6.45, 7) is 0.321. The molecule has 0 saturated heterocycles.